The predicted molar refractivity (Wildman–Crippen MR) is 81.4 cm³/mol. The maximum atomic E-state index is 4.87. The van der Waals surface area contributed by atoms with Crippen LogP contribution in [-0.2, 0) is 0 Å². The summed E-state index contributed by atoms with van der Waals surface area (Å²) in [5.74, 6) is 1.94. The van der Waals surface area contributed by atoms with Gasteiger partial charge in [0.05, 0.1) is 6.54 Å². The van der Waals surface area contributed by atoms with Gasteiger partial charge in [0.2, 0.25) is 0 Å². The predicted octanol–water partition coefficient (Wildman–Crippen LogP) is 2.58. The summed E-state index contributed by atoms with van der Waals surface area (Å²) >= 11 is 1.89. The van der Waals surface area contributed by atoms with E-state index in [-0.39, 0.29) is 0 Å². The van der Waals surface area contributed by atoms with Gasteiger partial charge < -0.3 is 10.2 Å². The van der Waals surface area contributed by atoms with E-state index in [1.807, 2.05) is 11.8 Å². The van der Waals surface area contributed by atoms with Crippen LogP contribution in [0.3, 0.4) is 0 Å². The first-order valence-corrected chi connectivity index (χ1v) is 8.13. The maximum Gasteiger partial charge on any atom is 0.156 e. The Balaban J connectivity index is 1.97. The third-order valence-corrected chi connectivity index (χ3v) is 5.90. The van der Waals surface area contributed by atoms with E-state index < -0.39 is 0 Å². The van der Waals surface area contributed by atoms with Crippen LogP contribution in [0.2, 0.25) is 0 Å². The van der Waals surface area contributed by atoms with Gasteiger partial charge in [0, 0.05) is 17.3 Å². The Morgan fingerprint density at radius 3 is 2.56 bits per heavy atom. The molecule has 1 aliphatic carbocycles. The zero-order chi connectivity index (χ0) is 13.2. The minimum Gasteiger partial charge on any atom is -0.362 e. The van der Waals surface area contributed by atoms with Crippen molar-refractivity contribution in [2.75, 3.05) is 26.4 Å². The van der Waals surface area contributed by atoms with E-state index in [0.29, 0.717) is 11.6 Å². The van der Waals surface area contributed by atoms with E-state index in [4.69, 9.17) is 4.99 Å². The second-order valence-electron chi connectivity index (χ2n) is 6.17. The lowest BCUT2D eigenvalue weighted by Crippen LogP contribution is -2.46. The summed E-state index contributed by atoms with van der Waals surface area (Å²) in [4.78, 5) is 7.26. The van der Waals surface area contributed by atoms with E-state index in [9.17, 15) is 0 Å². The van der Waals surface area contributed by atoms with Gasteiger partial charge in [0.15, 0.2) is 5.17 Å². The number of amidine groups is 1. The minimum absolute atomic E-state index is 0.321. The van der Waals surface area contributed by atoms with Crippen molar-refractivity contribution >= 4 is 16.9 Å². The van der Waals surface area contributed by atoms with Crippen LogP contribution in [0.1, 0.15) is 39.5 Å². The van der Waals surface area contributed by atoms with Crippen LogP contribution in [0.25, 0.3) is 0 Å². The first kappa shape index (κ1) is 14.2. The Morgan fingerprint density at radius 2 is 2.00 bits per heavy atom. The Kier molecular flexibility index (Phi) is 4.59. The highest BCUT2D eigenvalue weighted by Crippen LogP contribution is 2.34. The molecule has 1 aliphatic heterocycles. The maximum absolute atomic E-state index is 4.87. The van der Waals surface area contributed by atoms with Crippen LogP contribution < -0.4 is 5.32 Å². The number of hydrogen-bond donors (Lipinski definition) is 1. The molecule has 2 aliphatic rings. The zero-order valence-corrected chi connectivity index (χ0v) is 13.0. The van der Waals surface area contributed by atoms with Gasteiger partial charge in [-0.25, -0.2) is 0 Å². The molecule has 1 N–H and O–H groups in total. The Labute approximate surface area is 116 Å². The Bertz CT molecular complexity index is 308. The molecule has 18 heavy (non-hydrogen) atoms. The van der Waals surface area contributed by atoms with E-state index in [1.54, 1.807) is 0 Å². The normalized spacial score (nSPS) is 33.9. The summed E-state index contributed by atoms with van der Waals surface area (Å²) in [5, 5.41) is 4.70. The zero-order valence-electron chi connectivity index (χ0n) is 12.2. The number of aliphatic imine (C=N–C) groups is 1. The number of hydrogen-bond acceptors (Lipinski definition) is 3. The molecule has 0 aromatic carbocycles. The Hall–Kier alpha value is -0.220. The molecule has 1 heterocycles. The summed E-state index contributed by atoms with van der Waals surface area (Å²) < 4.78 is 0. The van der Waals surface area contributed by atoms with Crippen LogP contribution >= 0.6 is 11.8 Å². The molecular weight excluding hydrogens is 242 g/mol. The molecule has 3 nitrogen and oxygen atoms in total. The van der Waals surface area contributed by atoms with Gasteiger partial charge in [-0.15, -0.1) is 0 Å². The molecule has 0 aromatic rings. The molecule has 0 bridgehead atoms. The van der Waals surface area contributed by atoms with Crippen molar-refractivity contribution in [2.45, 2.75) is 51.1 Å². The molecule has 2 rings (SSSR count). The molecule has 2 unspecified atom stereocenters. The monoisotopic (exact) mass is 269 g/mol. The average Bonchev–Trinajstić information content (AvgIpc) is 2.81. The van der Waals surface area contributed by atoms with Crippen molar-refractivity contribution in [1.29, 1.82) is 0 Å². The lowest BCUT2D eigenvalue weighted by Gasteiger charge is -2.35. The van der Waals surface area contributed by atoms with Gasteiger partial charge in [-0.05, 0) is 39.8 Å². The molecule has 104 valence electrons. The number of nitrogens with zero attached hydrogens (tertiary/aromatic N) is 2. The molecule has 4 heteroatoms. The van der Waals surface area contributed by atoms with E-state index in [0.717, 1.165) is 17.6 Å². The summed E-state index contributed by atoms with van der Waals surface area (Å²) in [6, 6.07) is 0.559. The van der Waals surface area contributed by atoms with Crippen molar-refractivity contribution in [1.82, 2.24) is 10.2 Å². The van der Waals surface area contributed by atoms with Gasteiger partial charge in [-0.1, -0.05) is 31.5 Å². The highest BCUT2D eigenvalue weighted by Gasteiger charge is 2.36. The van der Waals surface area contributed by atoms with Crippen LogP contribution in [0.15, 0.2) is 4.99 Å². The lowest BCUT2D eigenvalue weighted by molar-refractivity contribution is 0.167. The second-order valence-corrected chi connectivity index (χ2v) is 7.18. The number of nitrogens with one attached hydrogen (secondary N) is 1. The van der Waals surface area contributed by atoms with Crippen molar-refractivity contribution in [3.05, 3.63) is 0 Å². The SMILES string of the molecule is CC1CSC(=NCC2(N(C)C)CCCC2)NC1C. The van der Waals surface area contributed by atoms with E-state index >= 15 is 0 Å². The molecule has 2 atom stereocenters. The van der Waals surface area contributed by atoms with Gasteiger partial charge >= 0.3 is 0 Å². The van der Waals surface area contributed by atoms with Gasteiger partial charge in [-0.3, -0.25) is 4.99 Å². The van der Waals surface area contributed by atoms with Crippen LogP contribution in [-0.4, -0.2) is 48.0 Å². The average molecular weight is 269 g/mol. The molecule has 1 saturated heterocycles. The lowest BCUT2D eigenvalue weighted by atomic mass is 9.96. The first-order valence-electron chi connectivity index (χ1n) is 7.15. The highest BCUT2D eigenvalue weighted by atomic mass is 32.2. The molecule has 0 radical (unpaired) electrons. The summed E-state index contributed by atoms with van der Waals surface area (Å²) in [7, 11) is 4.41. The smallest absolute Gasteiger partial charge is 0.156 e. The second kappa shape index (κ2) is 5.83. The van der Waals surface area contributed by atoms with E-state index in [1.165, 1.54) is 31.4 Å². The third-order valence-electron chi connectivity index (χ3n) is 4.69. The molecule has 0 aromatic heterocycles. The summed E-state index contributed by atoms with van der Waals surface area (Å²) in [5.41, 5.74) is 0.321. The quantitative estimate of drug-likeness (QED) is 0.853. The van der Waals surface area contributed by atoms with Crippen LogP contribution in [0.4, 0.5) is 0 Å². The highest BCUT2D eigenvalue weighted by molar-refractivity contribution is 8.13. The third kappa shape index (κ3) is 3.02. The molecule has 2 fully saturated rings. The summed E-state index contributed by atoms with van der Waals surface area (Å²) in [6.07, 6.45) is 5.31. The Morgan fingerprint density at radius 1 is 1.33 bits per heavy atom. The fraction of sp³-hybridized carbons (Fsp3) is 0.929. The standard InChI is InChI=1S/C14H27N3S/c1-11-9-18-13(16-12(11)2)15-10-14(17(3)4)7-5-6-8-14/h11-12H,5-10H2,1-4H3,(H,15,16). The molecular formula is C14H27N3S. The fourth-order valence-corrected chi connectivity index (χ4v) is 3.96. The minimum atomic E-state index is 0.321. The van der Waals surface area contributed by atoms with Gasteiger partial charge in [-0.2, -0.15) is 0 Å². The van der Waals surface area contributed by atoms with Crippen molar-refractivity contribution in [2.24, 2.45) is 10.9 Å². The van der Waals surface area contributed by atoms with Crippen molar-refractivity contribution < 1.29 is 0 Å². The number of rotatable bonds is 3. The summed E-state index contributed by atoms with van der Waals surface area (Å²) in [6.45, 7) is 5.52. The van der Waals surface area contributed by atoms with Crippen molar-refractivity contribution in [3.63, 3.8) is 0 Å². The molecule has 1 saturated carbocycles. The van der Waals surface area contributed by atoms with Gasteiger partial charge in [0.1, 0.15) is 0 Å². The van der Waals surface area contributed by atoms with Crippen LogP contribution in [0, 0.1) is 5.92 Å². The largest absolute Gasteiger partial charge is 0.362 e. The fourth-order valence-electron chi connectivity index (χ4n) is 2.82. The molecule has 0 amide bonds. The first-order chi connectivity index (χ1) is 8.53. The molecule has 0 spiro atoms. The van der Waals surface area contributed by atoms with E-state index in [2.05, 4.69) is 38.2 Å². The number of likely N-dealkylation sites (N-methyl/N-ethyl adjacent to an activating group) is 1. The number of thioether (sulfide) groups is 1. The topological polar surface area (TPSA) is 27.6 Å². The van der Waals surface area contributed by atoms with Gasteiger partial charge in [0.25, 0.3) is 0 Å². The van der Waals surface area contributed by atoms with Crippen LogP contribution in [0.5, 0.6) is 0 Å². The van der Waals surface area contributed by atoms with Crippen molar-refractivity contribution in [3.8, 4) is 0 Å².